The molecule has 0 aliphatic heterocycles. The Bertz CT molecular complexity index is 666. The number of carbonyl (C=O) groups excluding carboxylic acids is 1. The van der Waals surface area contributed by atoms with Gasteiger partial charge >= 0.3 is 0 Å². The van der Waals surface area contributed by atoms with E-state index >= 15 is 0 Å². The number of aromatic nitrogens is 1. The molecule has 2 heterocycles. The number of hydrazone groups is 1. The predicted octanol–water partition coefficient (Wildman–Crippen LogP) is 2.21. The van der Waals surface area contributed by atoms with Crippen LogP contribution in [0.5, 0.6) is 0 Å². The van der Waals surface area contributed by atoms with Crippen LogP contribution in [-0.4, -0.2) is 21.5 Å². The zero-order valence-electron chi connectivity index (χ0n) is 10.4. The van der Waals surface area contributed by atoms with E-state index in [0.29, 0.717) is 16.2 Å². The highest BCUT2D eigenvalue weighted by Crippen LogP contribution is 2.21. The van der Waals surface area contributed by atoms with Crippen LogP contribution in [0.1, 0.15) is 22.2 Å². The fraction of sp³-hybridized carbons (Fsp3) is 0.0833. The van der Waals surface area contributed by atoms with Gasteiger partial charge in [0.15, 0.2) is 0 Å². The van der Waals surface area contributed by atoms with Crippen molar-refractivity contribution in [2.24, 2.45) is 5.10 Å². The second-order valence-corrected chi connectivity index (χ2v) is 4.71. The van der Waals surface area contributed by atoms with Crippen LogP contribution in [0, 0.1) is 10.1 Å². The summed E-state index contributed by atoms with van der Waals surface area (Å²) in [6.07, 6.45) is 3.02. The van der Waals surface area contributed by atoms with Crippen molar-refractivity contribution in [3.05, 3.63) is 56.5 Å². The first-order chi connectivity index (χ1) is 9.58. The number of carbonyl (C=O) groups is 1. The number of nitrogens with zero attached hydrogens (tertiary/aromatic N) is 3. The number of nitrogens with one attached hydrogen (secondary N) is 1. The third-order valence-electron chi connectivity index (χ3n) is 2.42. The molecule has 0 spiro atoms. The van der Waals surface area contributed by atoms with Crippen molar-refractivity contribution in [3.8, 4) is 0 Å². The van der Waals surface area contributed by atoms with Gasteiger partial charge in [0.2, 0.25) is 0 Å². The Morgan fingerprint density at radius 3 is 2.75 bits per heavy atom. The number of pyridine rings is 1. The molecule has 0 bridgehead atoms. The summed E-state index contributed by atoms with van der Waals surface area (Å²) in [4.78, 5) is 26.3. The molecule has 0 saturated carbocycles. The topological polar surface area (TPSA) is 97.5 Å². The fourth-order valence-electron chi connectivity index (χ4n) is 1.37. The maximum absolute atomic E-state index is 11.7. The molecule has 0 radical (unpaired) electrons. The van der Waals surface area contributed by atoms with E-state index in [2.05, 4.69) is 15.5 Å². The SMILES string of the molecule is C/C(=N/NC(=O)c1ccncc1)c1cc([N+](=O)[O-])cs1. The highest BCUT2D eigenvalue weighted by Gasteiger charge is 2.11. The van der Waals surface area contributed by atoms with Crippen molar-refractivity contribution in [2.75, 3.05) is 0 Å². The standard InChI is InChI=1S/C12H10N4O3S/c1-8(11-6-10(7-20-11)16(18)19)14-15-12(17)9-2-4-13-5-3-9/h2-7H,1H3,(H,15,17)/b14-8-. The van der Waals surface area contributed by atoms with Crippen LogP contribution in [0.25, 0.3) is 0 Å². The molecule has 0 aliphatic rings. The first-order valence-corrected chi connectivity index (χ1v) is 6.44. The number of hydrogen-bond donors (Lipinski definition) is 1. The first kappa shape index (κ1) is 13.8. The Morgan fingerprint density at radius 1 is 1.45 bits per heavy atom. The van der Waals surface area contributed by atoms with Crippen molar-refractivity contribution in [1.82, 2.24) is 10.4 Å². The van der Waals surface area contributed by atoms with Gasteiger partial charge in [-0.1, -0.05) is 0 Å². The maximum Gasteiger partial charge on any atom is 0.280 e. The highest BCUT2D eigenvalue weighted by molar-refractivity contribution is 7.12. The van der Waals surface area contributed by atoms with E-state index in [1.165, 1.54) is 35.2 Å². The minimum atomic E-state index is -0.469. The van der Waals surface area contributed by atoms with E-state index < -0.39 is 4.92 Å². The number of rotatable bonds is 4. The average molecular weight is 290 g/mol. The number of hydrogen-bond acceptors (Lipinski definition) is 6. The molecular formula is C12H10N4O3S. The van der Waals surface area contributed by atoms with Gasteiger partial charge in [-0.2, -0.15) is 5.10 Å². The Hall–Kier alpha value is -2.61. The van der Waals surface area contributed by atoms with E-state index in [9.17, 15) is 14.9 Å². The normalized spacial score (nSPS) is 11.2. The summed E-state index contributed by atoms with van der Waals surface area (Å²) in [5.41, 5.74) is 3.35. The summed E-state index contributed by atoms with van der Waals surface area (Å²) in [5.74, 6) is -0.363. The molecule has 7 nitrogen and oxygen atoms in total. The van der Waals surface area contributed by atoms with E-state index in [-0.39, 0.29) is 11.6 Å². The summed E-state index contributed by atoms with van der Waals surface area (Å²) in [6.45, 7) is 1.67. The predicted molar refractivity (Wildman–Crippen MR) is 74.9 cm³/mol. The maximum atomic E-state index is 11.7. The summed E-state index contributed by atoms with van der Waals surface area (Å²) < 4.78 is 0. The molecule has 0 aliphatic carbocycles. The van der Waals surface area contributed by atoms with Crippen LogP contribution < -0.4 is 5.43 Å². The molecular weight excluding hydrogens is 280 g/mol. The van der Waals surface area contributed by atoms with Crippen LogP contribution in [0.4, 0.5) is 5.69 Å². The van der Waals surface area contributed by atoms with E-state index in [0.717, 1.165) is 0 Å². The van der Waals surface area contributed by atoms with Gasteiger partial charge in [-0.15, -0.1) is 11.3 Å². The van der Waals surface area contributed by atoms with Crippen LogP contribution >= 0.6 is 11.3 Å². The highest BCUT2D eigenvalue weighted by atomic mass is 32.1. The van der Waals surface area contributed by atoms with Crippen LogP contribution in [0.3, 0.4) is 0 Å². The van der Waals surface area contributed by atoms with Crippen LogP contribution in [0.2, 0.25) is 0 Å². The Balaban J connectivity index is 2.07. The lowest BCUT2D eigenvalue weighted by Crippen LogP contribution is -2.19. The van der Waals surface area contributed by atoms with Crippen molar-refractivity contribution in [1.29, 1.82) is 0 Å². The number of thiophene rings is 1. The van der Waals surface area contributed by atoms with Gasteiger partial charge in [0.1, 0.15) is 0 Å². The summed E-state index contributed by atoms with van der Waals surface area (Å²) in [5, 5.41) is 15.9. The van der Waals surface area contributed by atoms with Gasteiger partial charge in [-0.3, -0.25) is 19.9 Å². The monoisotopic (exact) mass is 290 g/mol. The molecule has 2 aromatic rings. The molecule has 0 atom stereocenters. The van der Waals surface area contributed by atoms with E-state index in [1.54, 1.807) is 19.1 Å². The molecule has 102 valence electrons. The number of amides is 1. The van der Waals surface area contributed by atoms with Crippen molar-refractivity contribution < 1.29 is 9.72 Å². The lowest BCUT2D eigenvalue weighted by molar-refractivity contribution is -0.384. The van der Waals surface area contributed by atoms with Gasteiger partial charge in [0.25, 0.3) is 11.6 Å². The molecule has 1 amide bonds. The lowest BCUT2D eigenvalue weighted by Gasteiger charge is -2.00. The third-order valence-corrected chi connectivity index (χ3v) is 3.45. The van der Waals surface area contributed by atoms with Gasteiger partial charge in [-0.05, 0) is 19.1 Å². The van der Waals surface area contributed by atoms with E-state index in [1.807, 2.05) is 0 Å². The molecule has 8 heteroatoms. The lowest BCUT2D eigenvalue weighted by atomic mass is 10.2. The minimum absolute atomic E-state index is 0.0139. The molecule has 2 aromatic heterocycles. The van der Waals surface area contributed by atoms with Crippen LogP contribution in [-0.2, 0) is 0 Å². The Labute approximate surface area is 118 Å². The van der Waals surface area contributed by atoms with Gasteiger partial charge in [0.05, 0.1) is 20.9 Å². The van der Waals surface area contributed by atoms with Crippen molar-refractivity contribution in [3.63, 3.8) is 0 Å². The van der Waals surface area contributed by atoms with Crippen LogP contribution in [0.15, 0.2) is 41.1 Å². The molecule has 0 fully saturated rings. The van der Waals surface area contributed by atoms with Crippen molar-refractivity contribution >= 4 is 28.6 Å². The molecule has 0 unspecified atom stereocenters. The minimum Gasteiger partial charge on any atom is -0.267 e. The summed E-state index contributed by atoms with van der Waals surface area (Å²) in [6, 6.07) is 4.55. The van der Waals surface area contributed by atoms with Gasteiger partial charge < -0.3 is 0 Å². The largest absolute Gasteiger partial charge is 0.280 e. The molecule has 2 rings (SSSR count). The van der Waals surface area contributed by atoms with Gasteiger partial charge in [0, 0.05) is 24.0 Å². The van der Waals surface area contributed by atoms with Crippen molar-refractivity contribution in [2.45, 2.75) is 6.92 Å². The quantitative estimate of drug-likeness (QED) is 0.530. The first-order valence-electron chi connectivity index (χ1n) is 5.56. The second-order valence-electron chi connectivity index (χ2n) is 3.80. The zero-order chi connectivity index (χ0) is 14.5. The fourth-order valence-corrected chi connectivity index (χ4v) is 2.18. The smallest absolute Gasteiger partial charge is 0.267 e. The van der Waals surface area contributed by atoms with Gasteiger partial charge in [-0.25, -0.2) is 5.43 Å². The number of nitro groups is 1. The Morgan fingerprint density at radius 2 is 2.15 bits per heavy atom. The Kier molecular flexibility index (Phi) is 4.16. The average Bonchev–Trinajstić information content (AvgIpc) is 2.95. The second kappa shape index (κ2) is 6.02. The zero-order valence-corrected chi connectivity index (χ0v) is 11.3. The summed E-state index contributed by atoms with van der Waals surface area (Å²) >= 11 is 1.20. The molecule has 1 N–H and O–H groups in total. The molecule has 0 aromatic carbocycles. The third kappa shape index (κ3) is 3.23. The molecule has 0 saturated heterocycles. The van der Waals surface area contributed by atoms with E-state index in [4.69, 9.17) is 0 Å². The summed E-state index contributed by atoms with van der Waals surface area (Å²) in [7, 11) is 0. The molecule has 20 heavy (non-hydrogen) atoms.